The van der Waals surface area contributed by atoms with Crippen LogP contribution >= 0.6 is 11.5 Å². The molecule has 0 saturated heterocycles. The molecule has 0 aliphatic carbocycles. The molecule has 3 aromatic carbocycles. The number of aromatic nitrogens is 4. The minimum atomic E-state index is -4.62. The highest BCUT2D eigenvalue weighted by molar-refractivity contribution is 7.90. The van der Waals surface area contributed by atoms with Crippen LogP contribution < -0.4 is 0 Å². The number of aryl methyl sites for hydroxylation is 1. The van der Waals surface area contributed by atoms with E-state index in [2.05, 4.69) is 14.3 Å². The Balaban J connectivity index is 1.78. The number of sulfone groups is 1. The number of hydrogen-bond donors (Lipinski definition) is 0. The molecule has 37 heavy (non-hydrogen) atoms. The fourth-order valence-electron chi connectivity index (χ4n) is 4.02. The van der Waals surface area contributed by atoms with Crippen molar-refractivity contribution < 1.29 is 21.6 Å². The summed E-state index contributed by atoms with van der Waals surface area (Å²) in [7, 11) is -3.70. The molecule has 0 fully saturated rings. The van der Waals surface area contributed by atoms with Crippen molar-refractivity contribution in [3.8, 4) is 38.9 Å². The van der Waals surface area contributed by atoms with E-state index in [1.54, 1.807) is 49.5 Å². The van der Waals surface area contributed by atoms with Crippen LogP contribution in [0.4, 0.5) is 13.2 Å². The summed E-state index contributed by atoms with van der Waals surface area (Å²) in [5, 5.41) is 0.436. The van der Waals surface area contributed by atoms with Crippen LogP contribution in [-0.4, -0.2) is 33.6 Å². The van der Waals surface area contributed by atoms with Gasteiger partial charge in [-0.25, -0.2) is 18.4 Å². The lowest BCUT2D eigenvalue weighted by Crippen LogP contribution is -2.09. The van der Waals surface area contributed by atoms with Crippen LogP contribution in [0, 0.1) is 6.92 Å². The summed E-state index contributed by atoms with van der Waals surface area (Å²) in [6.07, 6.45) is -1.98. The second kappa shape index (κ2) is 9.24. The summed E-state index contributed by atoms with van der Waals surface area (Å²) >= 11 is 1.08. The van der Waals surface area contributed by atoms with Crippen LogP contribution in [0.15, 0.2) is 83.9 Å². The van der Waals surface area contributed by atoms with Gasteiger partial charge in [0.1, 0.15) is 17.3 Å². The molecule has 0 saturated carbocycles. The minimum Gasteiger partial charge on any atom is -0.299 e. The van der Waals surface area contributed by atoms with Gasteiger partial charge in [-0.1, -0.05) is 54.6 Å². The van der Waals surface area contributed by atoms with Gasteiger partial charge in [-0.2, -0.15) is 17.5 Å². The van der Waals surface area contributed by atoms with Crippen molar-refractivity contribution in [1.82, 2.24) is 18.9 Å². The van der Waals surface area contributed by atoms with Crippen molar-refractivity contribution in [3.63, 3.8) is 0 Å². The molecule has 0 radical (unpaired) electrons. The van der Waals surface area contributed by atoms with Crippen molar-refractivity contribution in [2.24, 2.45) is 0 Å². The number of benzene rings is 3. The van der Waals surface area contributed by atoms with Gasteiger partial charge >= 0.3 is 6.18 Å². The summed E-state index contributed by atoms with van der Waals surface area (Å²) in [6.45, 7) is 1.71. The summed E-state index contributed by atoms with van der Waals surface area (Å²) in [4.78, 5) is 8.88. The first-order chi connectivity index (χ1) is 17.5. The van der Waals surface area contributed by atoms with E-state index in [9.17, 15) is 21.6 Å². The van der Waals surface area contributed by atoms with Gasteiger partial charge in [-0.3, -0.25) is 4.57 Å². The van der Waals surface area contributed by atoms with Crippen LogP contribution in [0.1, 0.15) is 11.4 Å². The summed E-state index contributed by atoms with van der Waals surface area (Å²) < 4.78 is 73.0. The molecule has 0 aliphatic rings. The van der Waals surface area contributed by atoms with Crippen molar-refractivity contribution >= 4 is 21.4 Å². The molecule has 6 nitrogen and oxygen atoms in total. The highest BCUT2D eigenvalue weighted by atomic mass is 32.2. The molecular formula is C26H19F3N4O2S2. The van der Waals surface area contributed by atoms with Crippen LogP contribution in [0.5, 0.6) is 0 Å². The average Bonchev–Trinajstić information content (AvgIpc) is 3.50. The van der Waals surface area contributed by atoms with Gasteiger partial charge in [0, 0.05) is 29.3 Å². The van der Waals surface area contributed by atoms with Crippen molar-refractivity contribution in [3.05, 3.63) is 90.4 Å². The van der Waals surface area contributed by atoms with E-state index in [-0.39, 0.29) is 16.3 Å². The lowest BCUT2D eigenvalue weighted by Gasteiger charge is -2.16. The third kappa shape index (κ3) is 4.92. The SMILES string of the molecule is Cc1nsc(-c2cn(-c3ccc(-c4ccccc4)c(S(C)(=O)=O)c3)c(-c3ccccc3C(F)(F)F)n2)n1. The lowest BCUT2D eigenvalue weighted by molar-refractivity contribution is -0.137. The van der Waals surface area contributed by atoms with Crippen LogP contribution in [0.25, 0.3) is 38.9 Å². The largest absolute Gasteiger partial charge is 0.417 e. The topological polar surface area (TPSA) is 77.7 Å². The monoisotopic (exact) mass is 540 g/mol. The molecule has 0 spiro atoms. The van der Waals surface area contributed by atoms with E-state index < -0.39 is 21.6 Å². The van der Waals surface area contributed by atoms with E-state index in [0.717, 1.165) is 23.9 Å². The molecular weight excluding hydrogens is 521 g/mol. The second-order valence-corrected chi connectivity index (χ2v) is 11.1. The molecule has 188 valence electrons. The number of alkyl halides is 3. The van der Waals surface area contributed by atoms with Gasteiger partial charge in [0.25, 0.3) is 0 Å². The van der Waals surface area contributed by atoms with Gasteiger partial charge in [-0.15, -0.1) is 0 Å². The Bertz CT molecular complexity index is 1710. The van der Waals surface area contributed by atoms with Gasteiger partial charge in [0.2, 0.25) is 0 Å². The molecule has 0 atom stereocenters. The summed E-state index contributed by atoms with van der Waals surface area (Å²) in [5.41, 5.74) is 0.858. The Kier molecular flexibility index (Phi) is 6.20. The Hall–Kier alpha value is -3.83. The number of halogens is 3. The zero-order valence-corrected chi connectivity index (χ0v) is 21.2. The van der Waals surface area contributed by atoms with E-state index in [1.807, 2.05) is 6.07 Å². The first-order valence-electron chi connectivity index (χ1n) is 11.0. The average molecular weight is 541 g/mol. The molecule has 2 aromatic heterocycles. The first kappa shape index (κ1) is 24.8. The van der Waals surface area contributed by atoms with Crippen molar-refractivity contribution in [2.45, 2.75) is 18.0 Å². The molecule has 11 heteroatoms. The van der Waals surface area contributed by atoms with Crippen LogP contribution in [0.3, 0.4) is 0 Å². The quantitative estimate of drug-likeness (QED) is 0.256. The van der Waals surface area contributed by atoms with Gasteiger partial charge in [0.05, 0.1) is 10.5 Å². The Morgan fingerprint density at radius 3 is 2.24 bits per heavy atom. The zero-order valence-electron chi connectivity index (χ0n) is 19.6. The van der Waals surface area contributed by atoms with Crippen molar-refractivity contribution in [1.29, 1.82) is 0 Å². The van der Waals surface area contributed by atoms with Gasteiger partial charge < -0.3 is 0 Å². The van der Waals surface area contributed by atoms with E-state index in [4.69, 9.17) is 0 Å². The normalized spacial score (nSPS) is 12.1. The third-order valence-electron chi connectivity index (χ3n) is 5.65. The second-order valence-electron chi connectivity index (χ2n) is 8.33. The lowest BCUT2D eigenvalue weighted by atomic mass is 10.0. The molecule has 0 amide bonds. The molecule has 0 aliphatic heterocycles. The van der Waals surface area contributed by atoms with E-state index in [0.29, 0.717) is 33.3 Å². The highest BCUT2D eigenvalue weighted by Crippen LogP contribution is 2.39. The first-order valence-corrected chi connectivity index (χ1v) is 13.7. The Morgan fingerprint density at radius 1 is 0.892 bits per heavy atom. The van der Waals surface area contributed by atoms with Gasteiger partial charge in [-0.05, 0) is 42.2 Å². The summed E-state index contributed by atoms with van der Waals surface area (Å²) in [5.74, 6) is 0.515. The zero-order chi connectivity index (χ0) is 26.4. The van der Waals surface area contributed by atoms with Crippen LogP contribution in [0.2, 0.25) is 0 Å². The standard InChI is InChI=1S/C26H19F3N4O2S2/c1-16-30-25(36-32-16)22-15-33(24(31-22)20-10-6-7-11-21(20)26(27,28)29)18-12-13-19(17-8-4-3-5-9-17)23(14-18)37(2,34)35/h3-15H,1-2H3. The predicted molar refractivity (Wildman–Crippen MR) is 136 cm³/mol. The highest BCUT2D eigenvalue weighted by Gasteiger charge is 2.35. The predicted octanol–water partition coefficient (Wildman–Crippen LogP) is 6.46. The molecule has 2 heterocycles. The molecule has 0 bridgehead atoms. The number of rotatable bonds is 5. The number of hydrogen-bond acceptors (Lipinski definition) is 6. The van der Waals surface area contributed by atoms with E-state index >= 15 is 0 Å². The molecule has 5 aromatic rings. The fraction of sp³-hybridized carbons (Fsp3) is 0.115. The molecule has 5 rings (SSSR count). The summed E-state index contributed by atoms with van der Waals surface area (Å²) in [6, 6.07) is 18.9. The molecule has 0 unspecified atom stereocenters. The van der Waals surface area contributed by atoms with Crippen LogP contribution in [-0.2, 0) is 16.0 Å². The third-order valence-corrected chi connectivity index (χ3v) is 7.62. The minimum absolute atomic E-state index is 0.00249. The van der Waals surface area contributed by atoms with Crippen molar-refractivity contribution in [2.75, 3.05) is 6.26 Å². The van der Waals surface area contributed by atoms with E-state index in [1.165, 1.54) is 28.8 Å². The Labute approximate surface area is 215 Å². The molecule has 0 N–H and O–H groups in total. The maximum Gasteiger partial charge on any atom is 0.417 e. The smallest absolute Gasteiger partial charge is 0.299 e. The maximum atomic E-state index is 13.9. The maximum absolute atomic E-state index is 13.9. The fourth-order valence-corrected chi connectivity index (χ4v) is 5.56. The Morgan fingerprint density at radius 2 is 1.59 bits per heavy atom. The number of nitrogens with zero attached hydrogens (tertiary/aromatic N) is 4. The van der Waals surface area contributed by atoms with Gasteiger partial charge in [0.15, 0.2) is 14.8 Å². The number of imidazole rings is 1.